The molecule has 3 rings (SSSR count). The number of carbonyl (C=O) groups is 1. The number of aromatic nitrogens is 2. The van der Waals surface area contributed by atoms with E-state index in [1.165, 1.54) is 11.0 Å². The van der Waals surface area contributed by atoms with E-state index in [2.05, 4.69) is 17.0 Å². The third-order valence-corrected chi connectivity index (χ3v) is 3.89. The van der Waals surface area contributed by atoms with Crippen LogP contribution < -0.4 is 14.9 Å². The molecule has 1 aromatic heterocycles. The topological polar surface area (TPSA) is 73.6 Å². The molecule has 22 heavy (non-hydrogen) atoms. The Kier molecular flexibility index (Phi) is 4.02. The van der Waals surface area contributed by atoms with Crippen molar-refractivity contribution in [2.24, 2.45) is 0 Å². The van der Waals surface area contributed by atoms with Crippen molar-refractivity contribution in [3.8, 4) is 11.3 Å². The highest BCUT2D eigenvalue weighted by molar-refractivity contribution is 5.85. The summed E-state index contributed by atoms with van der Waals surface area (Å²) in [4.78, 5) is 23.4. The van der Waals surface area contributed by atoms with E-state index in [0.717, 1.165) is 31.7 Å². The summed E-state index contributed by atoms with van der Waals surface area (Å²) in [5.74, 6) is -0.811. The Morgan fingerprint density at radius 1 is 1.18 bits per heavy atom. The monoisotopic (exact) mass is 298 g/mol. The number of aromatic carboxylic acids is 1. The number of piperazine rings is 1. The van der Waals surface area contributed by atoms with Gasteiger partial charge in [0.05, 0.1) is 50.6 Å². The van der Waals surface area contributed by atoms with E-state index in [1.54, 1.807) is 0 Å². The number of nitrogens with one attached hydrogen (secondary N) is 1. The zero-order chi connectivity index (χ0) is 15.5. The summed E-state index contributed by atoms with van der Waals surface area (Å²) >= 11 is 0. The molecule has 1 aliphatic rings. The summed E-state index contributed by atoms with van der Waals surface area (Å²) in [6.45, 7) is 3.60. The van der Waals surface area contributed by atoms with Crippen LogP contribution in [0.3, 0.4) is 0 Å². The van der Waals surface area contributed by atoms with Gasteiger partial charge in [-0.05, 0) is 6.07 Å². The van der Waals surface area contributed by atoms with Crippen LogP contribution in [-0.4, -0.2) is 49.2 Å². The van der Waals surface area contributed by atoms with E-state index in [0.29, 0.717) is 11.6 Å². The second kappa shape index (κ2) is 6.11. The average Bonchev–Trinajstić information content (AvgIpc) is 2.56. The number of rotatable bonds is 3. The van der Waals surface area contributed by atoms with Gasteiger partial charge in [0.15, 0.2) is 0 Å². The lowest BCUT2D eigenvalue weighted by Gasteiger charge is -2.30. The molecule has 1 aliphatic heterocycles. The minimum atomic E-state index is -1.28. The molecular formula is C16H18N4O2. The number of nitrogens with zero attached hydrogens (tertiary/aromatic N) is 3. The molecule has 0 saturated carbocycles. The minimum Gasteiger partial charge on any atom is -0.543 e. The molecule has 0 bridgehead atoms. The van der Waals surface area contributed by atoms with Gasteiger partial charge in [0.2, 0.25) is 5.95 Å². The molecule has 2 aromatic rings. The molecule has 6 nitrogen and oxygen atoms in total. The van der Waals surface area contributed by atoms with Crippen molar-refractivity contribution >= 4 is 11.9 Å². The first-order valence-electron chi connectivity index (χ1n) is 7.35. The highest BCUT2D eigenvalue weighted by Crippen LogP contribution is 2.20. The molecule has 0 spiro atoms. The van der Waals surface area contributed by atoms with Crippen LogP contribution in [0.25, 0.3) is 11.3 Å². The van der Waals surface area contributed by atoms with Gasteiger partial charge < -0.3 is 19.7 Å². The fourth-order valence-corrected chi connectivity index (χ4v) is 2.53. The lowest BCUT2D eigenvalue weighted by atomic mass is 10.1. The van der Waals surface area contributed by atoms with Crippen LogP contribution >= 0.6 is 0 Å². The molecule has 1 N–H and O–H groups in total. The summed E-state index contributed by atoms with van der Waals surface area (Å²) in [7, 11) is 2.14. The summed E-state index contributed by atoms with van der Waals surface area (Å²) < 4.78 is 0. The van der Waals surface area contributed by atoms with Crippen molar-refractivity contribution in [3.05, 3.63) is 42.1 Å². The summed E-state index contributed by atoms with van der Waals surface area (Å²) in [6.07, 6.45) is 0. The van der Waals surface area contributed by atoms with Crippen molar-refractivity contribution in [3.63, 3.8) is 0 Å². The Hall–Kier alpha value is -2.47. The molecule has 0 aliphatic carbocycles. The highest BCUT2D eigenvalue weighted by atomic mass is 16.4. The van der Waals surface area contributed by atoms with Gasteiger partial charge in [-0.3, -0.25) is 0 Å². The number of carbonyl (C=O) groups excluding carboxylic acids is 1. The van der Waals surface area contributed by atoms with Crippen molar-refractivity contribution in [2.75, 3.05) is 38.1 Å². The number of likely N-dealkylation sites (N-methyl/N-ethyl adjacent to an activating group) is 1. The van der Waals surface area contributed by atoms with Gasteiger partial charge in [-0.25, -0.2) is 9.97 Å². The molecule has 0 atom stereocenters. The first-order valence-corrected chi connectivity index (χ1v) is 7.35. The summed E-state index contributed by atoms with van der Waals surface area (Å²) in [5, 5.41) is 11.2. The lowest BCUT2D eigenvalue weighted by molar-refractivity contribution is -0.880. The first kappa shape index (κ1) is 14.5. The number of hydrogen-bond donors (Lipinski definition) is 1. The van der Waals surface area contributed by atoms with Crippen LogP contribution in [0.2, 0.25) is 0 Å². The Morgan fingerprint density at radius 2 is 1.86 bits per heavy atom. The molecule has 1 aromatic carbocycles. The molecule has 0 unspecified atom stereocenters. The predicted octanol–water partition coefficient (Wildman–Crippen LogP) is -1.16. The van der Waals surface area contributed by atoms with E-state index in [4.69, 9.17) is 0 Å². The second-order valence-electron chi connectivity index (χ2n) is 5.54. The van der Waals surface area contributed by atoms with E-state index >= 15 is 0 Å². The first-order chi connectivity index (χ1) is 10.6. The standard InChI is InChI=1S/C16H18N4O2/c1-19-7-9-20(10-8-19)16-17-13(11-14(18-16)15(21)22)12-5-3-2-4-6-12/h2-6,11H,7-10H2,1H3,(H,21,22). The zero-order valence-corrected chi connectivity index (χ0v) is 12.5. The molecule has 2 heterocycles. The third-order valence-electron chi connectivity index (χ3n) is 3.89. The predicted molar refractivity (Wildman–Crippen MR) is 80.6 cm³/mol. The van der Waals surface area contributed by atoms with Crippen LogP contribution in [0, 0.1) is 0 Å². The van der Waals surface area contributed by atoms with Crippen molar-refractivity contribution in [2.45, 2.75) is 0 Å². The normalized spacial score (nSPS) is 15.8. The van der Waals surface area contributed by atoms with Crippen LogP contribution in [0.4, 0.5) is 5.95 Å². The second-order valence-corrected chi connectivity index (χ2v) is 5.54. The number of hydrogen-bond acceptors (Lipinski definition) is 5. The number of carboxylic acid groups (broad SMARTS) is 1. The highest BCUT2D eigenvalue weighted by Gasteiger charge is 2.20. The van der Waals surface area contributed by atoms with E-state index in [1.807, 2.05) is 35.2 Å². The Morgan fingerprint density at radius 3 is 2.50 bits per heavy atom. The van der Waals surface area contributed by atoms with Crippen LogP contribution in [0.1, 0.15) is 10.5 Å². The number of carboxylic acids is 1. The Bertz CT molecular complexity index is 667. The van der Waals surface area contributed by atoms with Gasteiger partial charge in [-0.1, -0.05) is 30.3 Å². The Balaban J connectivity index is 1.99. The molecule has 1 fully saturated rings. The molecule has 1 saturated heterocycles. The van der Waals surface area contributed by atoms with Gasteiger partial charge in [-0.2, -0.15) is 0 Å². The largest absolute Gasteiger partial charge is 0.543 e. The van der Waals surface area contributed by atoms with E-state index in [9.17, 15) is 9.90 Å². The quantitative estimate of drug-likeness (QED) is 0.774. The third kappa shape index (κ3) is 3.07. The summed E-state index contributed by atoms with van der Waals surface area (Å²) in [6, 6.07) is 11.0. The van der Waals surface area contributed by atoms with E-state index in [-0.39, 0.29) is 5.69 Å². The average molecular weight is 298 g/mol. The van der Waals surface area contributed by atoms with Gasteiger partial charge in [-0.15, -0.1) is 0 Å². The zero-order valence-electron chi connectivity index (χ0n) is 12.5. The fourth-order valence-electron chi connectivity index (χ4n) is 2.53. The summed E-state index contributed by atoms with van der Waals surface area (Å²) in [5.41, 5.74) is 1.40. The maximum atomic E-state index is 11.2. The maximum absolute atomic E-state index is 11.2. The van der Waals surface area contributed by atoms with Gasteiger partial charge in [0.25, 0.3) is 0 Å². The minimum absolute atomic E-state index is 0.0740. The van der Waals surface area contributed by atoms with Gasteiger partial charge in [0.1, 0.15) is 0 Å². The molecule has 0 radical (unpaired) electrons. The van der Waals surface area contributed by atoms with Crippen molar-refractivity contribution in [1.29, 1.82) is 0 Å². The smallest absolute Gasteiger partial charge is 0.226 e. The van der Waals surface area contributed by atoms with Gasteiger partial charge in [0, 0.05) is 5.56 Å². The van der Waals surface area contributed by atoms with Crippen LogP contribution in [0.15, 0.2) is 36.4 Å². The van der Waals surface area contributed by atoms with Gasteiger partial charge >= 0.3 is 0 Å². The molecular weight excluding hydrogens is 280 g/mol. The van der Waals surface area contributed by atoms with Crippen LogP contribution in [-0.2, 0) is 0 Å². The maximum Gasteiger partial charge on any atom is 0.226 e. The molecule has 6 heteroatoms. The van der Waals surface area contributed by atoms with Crippen molar-refractivity contribution < 1.29 is 14.8 Å². The van der Waals surface area contributed by atoms with Crippen LogP contribution in [0.5, 0.6) is 0 Å². The number of quaternary nitrogens is 1. The molecule has 0 amide bonds. The SMILES string of the molecule is C[NH+]1CCN(c2nc(C(=O)[O-])cc(-c3ccccc3)n2)CC1. The van der Waals surface area contributed by atoms with E-state index < -0.39 is 5.97 Å². The number of benzene rings is 1. The molecule has 114 valence electrons. The lowest BCUT2D eigenvalue weighted by Crippen LogP contribution is -3.12. The fraction of sp³-hybridized carbons (Fsp3) is 0.312. The Labute approximate surface area is 129 Å². The number of anilines is 1. The van der Waals surface area contributed by atoms with Crippen molar-refractivity contribution in [1.82, 2.24) is 9.97 Å².